The van der Waals surface area contributed by atoms with Crippen LogP contribution < -0.4 is 10.6 Å². The lowest BCUT2D eigenvalue weighted by atomic mass is 9.78. The number of carbonyl (C=O) groups excluding carboxylic acids is 1. The summed E-state index contributed by atoms with van der Waals surface area (Å²) in [7, 11) is 1.67. The van der Waals surface area contributed by atoms with Crippen molar-refractivity contribution in [1.29, 1.82) is 0 Å². The first-order chi connectivity index (χ1) is 11.4. The van der Waals surface area contributed by atoms with Crippen LogP contribution in [0.15, 0.2) is 24.3 Å². The third-order valence-corrected chi connectivity index (χ3v) is 5.00. The molecule has 142 valence electrons. The first kappa shape index (κ1) is 22.2. The van der Waals surface area contributed by atoms with E-state index in [-0.39, 0.29) is 23.7 Å². The van der Waals surface area contributed by atoms with Crippen LogP contribution in [0.5, 0.6) is 0 Å². The molecule has 1 fully saturated rings. The molecule has 0 aromatic heterocycles. The van der Waals surface area contributed by atoms with Gasteiger partial charge in [-0.3, -0.25) is 4.79 Å². The van der Waals surface area contributed by atoms with E-state index >= 15 is 0 Å². The molecule has 0 saturated carbocycles. The fourth-order valence-corrected chi connectivity index (χ4v) is 3.60. The van der Waals surface area contributed by atoms with Crippen molar-refractivity contribution in [2.45, 2.75) is 33.1 Å². The second-order valence-corrected chi connectivity index (χ2v) is 8.05. The first-order valence-corrected chi connectivity index (χ1v) is 8.97. The predicted octanol–water partition coefficient (Wildman–Crippen LogP) is 3.46. The molecule has 0 unspecified atom stereocenters. The smallest absolute Gasteiger partial charge is 0.228 e. The molecule has 2 N–H and O–H groups in total. The number of methoxy groups -OCH3 is 1. The van der Waals surface area contributed by atoms with Gasteiger partial charge < -0.3 is 15.4 Å². The van der Waals surface area contributed by atoms with E-state index in [1.807, 2.05) is 18.2 Å². The monoisotopic (exact) mass is 388 g/mol. The molecule has 1 amide bonds. The number of carbonyl (C=O) groups is 1. The summed E-state index contributed by atoms with van der Waals surface area (Å²) in [4.78, 5) is 12.8. The molecule has 1 aliphatic heterocycles. The molecule has 2 rings (SSSR count). The minimum absolute atomic E-state index is 0. The van der Waals surface area contributed by atoms with Crippen molar-refractivity contribution in [3.05, 3.63) is 34.9 Å². The molecule has 0 radical (unpaired) electrons. The van der Waals surface area contributed by atoms with Crippen molar-refractivity contribution in [2.75, 3.05) is 33.4 Å². The van der Waals surface area contributed by atoms with Gasteiger partial charge in [0.15, 0.2) is 0 Å². The van der Waals surface area contributed by atoms with Crippen LogP contribution in [0.25, 0.3) is 0 Å². The van der Waals surface area contributed by atoms with Crippen LogP contribution in [0, 0.1) is 10.8 Å². The zero-order valence-electron chi connectivity index (χ0n) is 15.4. The van der Waals surface area contributed by atoms with E-state index in [1.165, 1.54) is 5.56 Å². The number of benzene rings is 1. The fraction of sp³-hybridized carbons (Fsp3) is 0.632. The number of hydrogen-bond acceptors (Lipinski definition) is 3. The second-order valence-electron chi connectivity index (χ2n) is 7.62. The Morgan fingerprint density at radius 2 is 2.04 bits per heavy atom. The fourth-order valence-electron chi connectivity index (χ4n) is 3.39. The average Bonchev–Trinajstić information content (AvgIpc) is 2.53. The van der Waals surface area contributed by atoms with Crippen molar-refractivity contribution < 1.29 is 9.53 Å². The van der Waals surface area contributed by atoms with Crippen LogP contribution in [0.3, 0.4) is 0 Å². The summed E-state index contributed by atoms with van der Waals surface area (Å²) in [5.41, 5.74) is 0.753. The Balaban J connectivity index is 0.00000312. The third kappa shape index (κ3) is 6.45. The normalized spacial score (nSPS) is 16.8. The maximum absolute atomic E-state index is 12.8. The number of nitrogens with one attached hydrogen (secondary N) is 2. The Kier molecular flexibility index (Phi) is 8.69. The summed E-state index contributed by atoms with van der Waals surface area (Å²) < 4.78 is 5.34. The topological polar surface area (TPSA) is 50.4 Å². The molecule has 1 heterocycles. The number of amides is 1. The molecule has 1 saturated heterocycles. The van der Waals surface area contributed by atoms with Crippen LogP contribution in [0.4, 0.5) is 0 Å². The Hall–Kier alpha value is -0.810. The highest BCUT2D eigenvalue weighted by Gasteiger charge is 2.40. The van der Waals surface area contributed by atoms with Gasteiger partial charge >= 0.3 is 0 Å². The van der Waals surface area contributed by atoms with Crippen molar-refractivity contribution in [3.8, 4) is 0 Å². The maximum atomic E-state index is 12.8. The van der Waals surface area contributed by atoms with Crippen molar-refractivity contribution in [3.63, 3.8) is 0 Å². The van der Waals surface area contributed by atoms with Crippen molar-refractivity contribution in [1.82, 2.24) is 10.6 Å². The van der Waals surface area contributed by atoms with E-state index in [4.69, 9.17) is 16.3 Å². The average molecular weight is 389 g/mol. The van der Waals surface area contributed by atoms with Gasteiger partial charge in [0.2, 0.25) is 5.91 Å². The highest BCUT2D eigenvalue weighted by atomic mass is 35.5. The largest absolute Gasteiger partial charge is 0.384 e. The Bertz CT molecular complexity index is 553. The lowest BCUT2D eigenvalue weighted by Gasteiger charge is -2.36. The zero-order valence-corrected chi connectivity index (χ0v) is 16.9. The lowest BCUT2D eigenvalue weighted by molar-refractivity contribution is -0.136. The molecule has 0 atom stereocenters. The second kappa shape index (κ2) is 9.77. The van der Waals surface area contributed by atoms with Gasteiger partial charge in [-0.25, -0.2) is 0 Å². The summed E-state index contributed by atoms with van der Waals surface area (Å²) >= 11 is 6.07. The number of rotatable bonds is 7. The third-order valence-electron chi connectivity index (χ3n) is 4.76. The summed E-state index contributed by atoms with van der Waals surface area (Å²) in [6, 6.07) is 7.92. The van der Waals surface area contributed by atoms with Crippen LogP contribution >= 0.6 is 24.0 Å². The summed E-state index contributed by atoms with van der Waals surface area (Å²) in [6.45, 7) is 7.18. The first-order valence-electron chi connectivity index (χ1n) is 8.59. The minimum atomic E-state index is -0.397. The molecule has 1 aromatic carbocycles. The lowest BCUT2D eigenvalue weighted by Crippen LogP contribution is -2.51. The Morgan fingerprint density at radius 1 is 1.36 bits per heavy atom. The van der Waals surface area contributed by atoms with E-state index in [2.05, 4.69) is 30.5 Å². The molecular weight excluding hydrogens is 359 g/mol. The zero-order chi connectivity index (χ0) is 17.6. The predicted molar refractivity (Wildman–Crippen MR) is 106 cm³/mol. The van der Waals surface area contributed by atoms with Gasteiger partial charge in [-0.05, 0) is 55.5 Å². The molecule has 0 spiro atoms. The van der Waals surface area contributed by atoms with Crippen LogP contribution in [-0.4, -0.2) is 39.3 Å². The minimum Gasteiger partial charge on any atom is -0.384 e. The number of halogens is 2. The van der Waals surface area contributed by atoms with Gasteiger partial charge in [0.25, 0.3) is 0 Å². The van der Waals surface area contributed by atoms with Gasteiger partial charge in [0.1, 0.15) is 0 Å². The van der Waals surface area contributed by atoms with Gasteiger partial charge in [-0.15, -0.1) is 12.4 Å². The molecule has 0 bridgehead atoms. The standard InChI is InChI=1S/C19H29ClN2O2.ClH/c1-18(2,12-15-5-4-6-16(20)11-15)13-22-17(23)19(14-24-3)7-9-21-10-8-19;/h4-6,11,21H,7-10,12-14H2,1-3H3,(H,22,23);1H. The van der Waals surface area contributed by atoms with Gasteiger partial charge in [0.05, 0.1) is 12.0 Å². The van der Waals surface area contributed by atoms with Crippen molar-refractivity contribution in [2.24, 2.45) is 10.8 Å². The molecule has 1 aliphatic rings. The van der Waals surface area contributed by atoms with Crippen molar-refractivity contribution >= 4 is 29.9 Å². The number of hydrogen-bond donors (Lipinski definition) is 2. The van der Waals surface area contributed by atoms with Gasteiger partial charge in [-0.2, -0.15) is 0 Å². The van der Waals surface area contributed by atoms with Gasteiger partial charge in [0, 0.05) is 18.7 Å². The number of piperidine rings is 1. The highest BCUT2D eigenvalue weighted by molar-refractivity contribution is 6.30. The van der Waals surface area contributed by atoms with E-state index < -0.39 is 5.41 Å². The molecule has 25 heavy (non-hydrogen) atoms. The SMILES string of the molecule is COCC1(C(=O)NCC(C)(C)Cc2cccc(Cl)c2)CCNCC1.Cl. The summed E-state index contributed by atoms with van der Waals surface area (Å²) in [5, 5.41) is 7.24. The van der Waals surface area contributed by atoms with E-state index in [0.717, 1.165) is 37.4 Å². The Morgan fingerprint density at radius 3 is 2.64 bits per heavy atom. The van der Waals surface area contributed by atoms with Gasteiger partial charge in [-0.1, -0.05) is 37.6 Å². The summed E-state index contributed by atoms with van der Waals surface area (Å²) in [6.07, 6.45) is 2.51. The van der Waals surface area contributed by atoms with Crippen LogP contribution in [-0.2, 0) is 16.0 Å². The highest BCUT2D eigenvalue weighted by Crippen LogP contribution is 2.30. The molecule has 4 nitrogen and oxygen atoms in total. The number of ether oxygens (including phenoxy) is 1. The molecule has 1 aromatic rings. The molecule has 0 aliphatic carbocycles. The van der Waals surface area contributed by atoms with E-state index in [1.54, 1.807) is 7.11 Å². The molecule has 6 heteroatoms. The van der Waals surface area contributed by atoms with Crippen LogP contribution in [0.2, 0.25) is 5.02 Å². The quantitative estimate of drug-likeness (QED) is 0.751. The Labute approximate surface area is 162 Å². The molecular formula is C19H30Cl2N2O2. The van der Waals surface area contributed by atoms with E-state index in [0.29, 0.717) is 13.2 Å². The van der Waals surface area contributed by atoms with Crippen LogP contribution in [0.1, 0.15) is 32.3 Å². The summed E-state index contributed by atoms with van der Waals surface area (Å²) in [5.74, 6) is 0.116. The van der Waals surface area contributed by atoms with E-state index in [9.17, 15) is 4.79 Å². The maximum Gasteiger partial charge on any atom is 0.228 e.